The van der Waals surface area contributed by atoms with Crippen molar-refractivity contribution in [2.75, 3.05) is 0 Å². The number of ether oxygens (including phenoxy) is 2. The molecule has 5 heteroatoms. The Balaban J connectivity index is 1.85. The van der Waals surface area contributed by atoms with Crippen molar-refractivity contribution in [3.63, 3.8) is 0 Å². The molecule has 0 radical (unpaired) electrons. The van der Waals surface area contributed by atoms with Crippen molar-refractivity contribution < 1.29 is 23.9 Å². The molecule has 0 aliphatic carbocycles. The molecule has 25 heavy (non-hydrogen) atoms. The third kappa shape index (κ3) is 5.55. The zero-order valence-corrected chi connectivity index (χ0v) is 15.2. The molecule has 2 rings (SSSR count). The standard InChI is InChI=1S/C20H24O5/c1-13-8-9-14(2)15(10-13)6-5-7-18(22)24-19(23)17-11-16(21)12-20(3,4)25-17/h8-11H,5-7,12H2,1-4H3. The maximum Gasteiger partial charge on any atom is 0.381 e. The third-order valence-electron chi connectivity index (χ3n) is 4.02. The van der Waals surface area contributed by atoms with E-state index in [9.17, 15) is 14.4 Å². The van der Waals surface area contributed by atoms with Crippen molar-refractivity contribution in [2.24, 2.45) is 0 Å². The fourth-order valence-electron chi connectivity index (χ4n) is 2.78. The molecule has 1 aliphatic heterocycles. The molecule has 0 spiro atoms. The van der Waals surface area contributed by atoms with E-state index in [-0.39, 0.29) is 24.4 Å². The average Bonchev–Trinajstić information content (AvgIpc) is 2.48. The Morgan fingerprint density at radius 3 is 2.64 bits per heavy atom. The largest absolute Gasteiger partial charge is 0.480 e. The zero-order chi connectivity index (χ0) is 18.6. The number of allylic oxidation sites excluding steroid dienone is 1. The van der Waals surface area contributed by atoms with Gasteiger partial charge in [0.1, 0.15) is 5.60 Å². The Labute approximate surface area is 148 Å². The maximum atomic E-state index is 12.0. The van der Waals surface area contributed by atoms with Crippen LogP contribution in [0.3, 0.4) is 0 Å². The van der Waals surface area contributed by atoms with E-state index in [1.807, 2.05) is 19.9 Å². The highest BCUT2D eigenvalue weighted by atomic mass is 16.6. The minimum Gasteiger partial charge on any atom is -0.480 e. The van der Waals surface area contributed by atoms with Crippen molar-refractivity contribution >= 4 is 17.7 Å². The second kappa shape index (κ2) is 7.64. The number of aryl methyl sites for hydroxylation is 3. The molecule has 134 valence electrons. The van der Waals surface area contributed by atoms with Crippen LogP contribution in [0.15, 0.2) is 30.0 Å². The van der Waals surface area contributed by atoms with E-state index in [1.165, 1.54) is 16.7 Å². The summed E-state index contributed by atoms with van der Waals surface area (Å²) in [6.07, 6.45) is 2.73. The van der Waals surface area contributed by atoms with Crippen LogP contribution in [-0.2, 0) is 30.3 Å². The van der Waals surface area contributed by atoms with Crippen LogP contribution in [-0.4, -0.2) is 23.3 Å². The van der Waals surface area contributed by atoms with E-state index in [0.717, 1.165) is 12.5 Å². The second-order valence-electron chi connectivity index (χ2n) is 7.06. The fraction of sp³-hybridized carbons (Fsp3) is 0.450. The van der Waals surface area contributed by atoms with Gasteiger partial charge in [0.05, 0.1) is 0 Å². The van der Waals surface area contributed by atoms with Gasteiger partial charge < -0.3 is 9.47 Å². The Kier molecular flexibility index (Phi) is 5.77. The summed E-state index contributed by atoms with van der Waals surface area (Å²) in [7, 11) is 0. The lowest BCUT2D eigenvalue weighted by Crippen LogP contribution is -2.34. The average molecular weight is 344 g/mol. The van der Waals surface area contributed by atoms with E-state index in [2.05, 4.69) is 12.1 Å². The van der Waals surface area contributed by atoms with Crippen molar-refractivity contribution in [2.45, 2.75) is 59.0 Å². The Morgan fingerprint density at radius 2 is 1.96 bits per heavy atom. The summed E-state index contributed by atoms with van der Waals surface area (Å²) in [5, 5.41) is 0. The molecule has 0 unspecified atom stereocenters. The van der Waals surface area contributed by atoms with Gasteiger partial charge in [0, 0.05) is 18.9 Å². The molecule has 5 nitrogen and oxygen atoms in total. The summed E-state index contributed by atoms with van der Waals surface area (Å²) in [6, 6.07) is 6.20. The van der Waals surface area contributed by atoms with Crippen LogP contribution >= 0.6 is 0 Å². The minimum atomic E-state index is -0.905. The number of rotatable bonds is 5. The van der Waals surface area contributed by atoms with Crippen LogP contribution in [0.2, 0.25) is 0 Å². The summed E-state index contributed by atoms with van der Waals surface area (Å²) in [4.78, 5) is 35.5. The van der Waals surface area contributed by atoms with Crippen molar-refractivity contribution in [1.29, 1.82) is 0 Å². The number of hydrogen-bond donors (Lipinski definition) is 0. The molecule has 0 N–H and O–H groups in total. The molecule has 0 atom stereocenters. The van der Waals surface area contributed by atoms with Gasteiger partial charge in [0.2, 0.25) is 5.76 Å². The van der Waals surface area contributed by atoms with Crippen molar-refractivity contribution in [3.05, 3.63) is 46.7 Å². The van der Waals surface area contributed by atoms with E-state index < -0.39 is 17.5 Å². The van der Waals surface area contributed by atoms with Gasteiger partial charge in [0.15, 0.2) is 5.78 Å². The first-order valence-corrected chi connectivity index (χ1v) is 8.41. The zero-order valence-electron chi connectivity index (χ0n) is 15.2. The maximum absolute atomic E-state index is 12.0. The first-order chi connectivity index (χ1) is 11.7. The molecule has 1 aliphatic rings. The SMILES string of the molecule is Cc1ccc(C)c(CCCC(=O)OC(=O)C2=CC(=O)CC(C)(C)O2)c1. The molecule has 1 aromatic rings. The van der Waals surface area contributed by atoms with Gasteiger partial charge in [-0.2, -0.15) is 0 Å². The lowest BCUT2D eigenvalue weighted by molar-refractivity contribution is -0.162. The lowest BCUT2D eigenvalue weighted by atomic mass is 9.98. The highest BCUT2D eigenvalue weighted by Crippen LogP contribution is 2.25. The summed E-state index contributed by atoms with van der Waals surface area (Å²) >= 11 is 0. The van der Waals surface area contributed by atoms with Crippen LogP contribution < -0.4 is 0 Å². The Morgan fingerprint density at radius 1 is 1.24 bits per heavy atom. The predicted octanol–water partition coefficient (Wildman–Crippen LogP) is 3.35. The van der Waals surface area contributed by atoms with Crippen LogP contribution in [0.4, 0.5) is 0 Å². The van der Waals surface area contributed by atoms with E-state index in [0.29, 0.717) is 6.42 Å². The van der Waals surface area contributed by atoms with Gasteiger partial charge in [0.25, 0.3) is 0 Å². The number of benzene rings is 1. The number of carbonyl (C=O) groups excluding carboxylic acids is 3. The fourth-order valence-corrected chi connectivity index (χ4v) is 2.78. The molecule has 1 heterocycles. The number of esters is 2. The van der Waals surface area contributed by atoms with Crippen LogP contribution in [0, 0.1) is 13.8 Å². The number of carbonyl (C=O) groups is 3. The number of hydrogen-bond acceptors (Lipinski definition) is 5. The summed E-state index contributed by atoms with van der Waals surface area (Å²) in [5.41, 5.74) is 2.76. The first-order valence-electron chi connectivity index (χ1n) is 8.41. The first kappa shape index (κ1) is 18.9. The van der Waals surface area contributed by atoms with Gasteiger partial charge >= 0.3 is 11.9 Å². The minimum absolute atomic E-state index is 0.129. The normalized spacial score (nSPS) is 16.0. The Hall–Kier alpha value is -2.43. The molecule has 0 amide bonds. The summed E-state index contributed by atoms with van der Waals surface area (Å²) in [5.74, 6) is -1.94. The van der Waals surface area contributed by atoms with Crippen molar-refractivity contribution in [3.8, 4) is 0 Å². The highest BCUT2D eigenvalue weighted by molar-refractivity contribution is 6.02. The van der Waals surface area contributed by atoms with Crippen LogP contribution in [0.5, 0.6) is 0 Å². The Bertz CT molecular complexity index is 728. The van der Waals surface area contributed by atoms with Gasteiger partial charge in [-0.3, -0.25) is 9.59 Å². The van der Waals surface area contributed by atoms with E-state index in [1.54, 1.807) is 13.8 Å². The molecular weight excluding hydrogens is 320 g/mol. The summed E-state index contributed by atoms with van der Waals surface area (Å²) < 4.78 is 10.2. The van der Waals surface area contributed by atoms with Gasteiger partial charge in [-0.1, -0.05) is 23.8 Å². The monoisotopic (exact) mass is 344 g/mol. The number of ketones is 1. The smallest absolute Gasteiger partial charge is 0.381 e. The lowest BCUT2D eigenvalue weighted by Gasteiger charge is -2.29. The van der Waals surface area contributed by atoms with Crippen LogP contribution in [0.25, 0.3) is 0 Å². The van der Waals surface area contributed by atoms with Crippen LogP contribution in [0.1, 0.15) is 49.8 Å². The molecule has 1 aromatic carbocycles. The topological polar surface area (TPSA) is 69.7 Å². The molecule has 0 bridgehead atoms. The van der Waals surface area contributed by atoms with Gasteiger partial charge in [-0.15, -0.1) is 0 Å². The summed E-state index contributed by atoms with van der Waals surface area (Å²) in [6.45, 7) is 7.47. The molecule has 0 saturated heterocycles. The highest BCUT2D eigenvalue weighted by Gasteiger charge is 2.33. The quantitative estimate of drug-likeness (QED) is 0.605. The third-order valence-corrected chi connectivity index (χ3v) is 4.02. The molecule has 0 aromatic heterocycles. The predicted molar refractivity (Wildman–Crippen MR) is 92.8 cm³/mol. The van der Waals surface area contributed by atoms with Crippen molar-refractivity contribution in [1.82, 2.24) is 0 Å². The molecular formula is C20H24O5. The molecule has 0 saturated carbocycles. The van der Waals surface area contributed by atoms with Gasteiger partial charge in [-0.25, -0.2) is 4.79 Å². The van der Waals surface area contributed by atoms with E-state index in [4.69, 9.17) is 9.47 Å². The van der Waals surface area contributed by atoms with Gasteiger partial charge in [-0.05, 0) is 51.7 Å². The molecule has 0 fully saturated rings. The van der Waals surface area contributed by atoms with E-state index >= 15 is 0 Å². The second-order valence-corrected chi connectivity index (χ2v) is 7.06.